The number of amides is 1. The Balaban J connectivity index is 1.70. The number of nitrogens with one attached hydrogen (secondary N) is 1. The molecule has 7 nitrogen and oxygen atoms in total. The van der Waals surface area contributed by atoms with Gasteiger partial charge in [-0.25, -0.2) is 9.59 Å². The molecule has 0 bridgehead atoms. The summed E-state index contributed by atoms with van der Waals surface area (Å²) in [5, 5.41) is 2.85. The Hall–Kier alpha value is -3.61. The third kappa shape index (κ3) is 5.01. The van der Waals surface area contributed by atoms with Crippen LogP contribution in [0.4, 0.5) is 5.69 Å². The van der Waals surface area contributed by atoms with E-state index >= 15 is 0 Å². The molecule has 0 unspecified atom stereocenters. The second-order valence-corrected chi connectivity index (χ2v) is 7.11. The molecule has 2 aromatic carbocycles. The molecule has 1 heterocycles. The SMILES string of the molecule is CN(Cc1ccccc1)C(=O)c1cccc(NC=C2C(=O)OC(C)(C)OC2=O)c1. The molecule has 1 aliphatic rings. The molecular formula is C22H22N2O5. The lowest BCUT2D eigenvalue weighted by Crippen LogP contribution is -2.42. The summed E-state index contributed by atoms with van der Waals surface area (Å²) in [7, 11) is 1.73. The van der Waals surface area contributed by atoms with Crippen LogP contribution in [-0.4, -0.2) is 35.6 Å². The van der Waals surface area contributed by atoms with Crippen molar-refractivity contribution in [1.29, 1.82) is 0 Å². The Morgan fingerprint density at radius 1 is 1.03 bits per heavy atom. The molecule has 0 atom stereocenters. The van der Waals surface area contributed by atoms with Gasteiger partial charge in [0, 0.05) is 44.9 Å². The van der Waals surface area contributed by atoms with Gasteiger partial charge in [-0.3, -0.25) is 4.79 Å². The van der Waals surface area contributed by atoms with Crippen LogP contribution in [0.1, 0.15) is 29.8 Å². The molecule has 3 rings (SSSR count). The van der Waals surface area contributed by atoms with Crippen LogP contribution in [0.25, 0.3) is 0 Å². The number of rotatable bonds is 5. The lowest BCUT2D eigenvalue weighted by atomic mass is 10.1. The van der Waals surface area contributed by atoms with Gasteiger partial charge in [-0.15, -0.1) is 0 Å². The fourth-order valence-electron chi connectivity index (χ4n) is 2.83. The topological polar surface area (TPSA) is 84.9 Å². The van der Waals surface area contributed by atoms with Crippen LogP contribution < -0.4 is 5.32 Å². The molecule has 1 fully saturated rings. The molecule has 0 aromatic heterocycles. The third-order valence-corrected chi connectivity index (χ3v) is 4.22. The summed E-state index contributed by atoms with van der Waals surface area (Å²) in [6.45, 7) is 3.44. The monoisotopic (exact) mass is 394 g/mol. The summed E-state index contributed by atoms with van der Waals surface area (Å²) in [5.74, 6) is -2.98. The van der Waals surface area contributed by atoms with Crippen molar-refractivity contribution in [1.82, 2.24) is 4.90 Å². The van der Waals surface area contributed by atoms with Crippen LogP contribution in [0.15, 0.2) is 66.4 Å². The average Bonchev–Trinajstić information content (AvgIpc) is 2.67. The first-order chi connectivity index (χ1) is 13.7. The average molecular weight is 394 g/mol. The maximum Gasteiger partial charge on any atom is 0.350 e. The van der Waals surface area contributed by atoms with Gasteiger partial charge in [0.15, 0.2) is 5.57 Å². The lowest BCUT2D eigenvalue weighted by Gasteiger charge is -2.29. The molecule has 0 spiro atoms. The number of hydrogen-bond donors (Lipinski definition) is 1. The van der Waals surface area contributed by atoms with Gasteiger partial charge in [0.1, 0.15) is 0 Å². The van der Waals surface area contributed by atoms with E-state index in [0.717, 1.165) is 5.56 Å². The summed E-state index contributed by atoms with van der Waals surface area (Å²) >= 11 is 0. The normalized spacial score (nSPS) is 15.2. The second kappa shape index (κ2) is 8.18. The van der Waals surface area contributed by atoms with Crippen molar-refractivity contribution in [2.75, 3.05) is 12.4 Å². The van der Waals surface area contributed by atoms with Crippen molar-refractivity contribution in [3.8, 4) is 0 Å². The Morgan fingerprint density at radius 2 is 1.69 bits per heavy atom. The van der Waals surface area contributed by atoms with Crippen molar-refractivity contribution in [3.05, 3.63) is 77.5 Å². The van der Waals surface area contributed by atoms with E-state index in [1.54, 1.807) is 36.2 Å². The first kappa shape index (κ1) is 20.1. The highest BCUT2D eigenvalue weighted by Crippen LogP contribution is 2.23. The number of ether oxygens (including phenoxy) is 2. The van der Waals surface area contributed by atoms with Crippen LogP contribution in [0.5, 0.6) is 0 Å². The first-order valence-corrected chi connectivity index (χ1v) is 9.08. The highest BCUT2D eigenvalue weighted by atomic mass is 16.7. The summed E-state index contributed by atoms with van der Waals surface area (Å²) in [6.07, 6.45) is 1.22. The van der Waals surface area contributed by atoms with Crippen molar-refractivity contribution < 1.29 is 23.9 Å². The van der Waals surface area contributed by atoms with E-state index in [2.05, 4.69) is 5.32 Å². The maximum atomic E-state index is 12.7. The van der Waals surface area contributed by atoms with Crippen LogP contribution in [-0.2, 0) is 25.6 Å². The Labute approximate surface area is 168 Å². The van der Waals surface area contributed by atoms with E-state index in [9.17, 15) is 14.4 Å². The van der Waals surface area contributed by atoms with Gasteiger partial charge in [0.05, 0.1) is 0 Å². The van der Waals surface area contributed by atoms with Crippen LogP contribution >= 0.6 is 0 Å². The highest BCUT2D eigenvalue weighted by molar-refractivity contribution is 6.15. The predicted octanol–water partition coefficient (Wildman–Crippen LogP) is 3.09. The van der Waals surface area contributed by atoms with Gasteiger partial charge >= 0.3 is 11.9 Å². The zero-order chi connectivity index (χ0) is 21.0. The minimum Gasteiger partial charge on any atom is -0.419 e. The van der Waals surface area contributed by atoms with Gasteiger partial charge in [-0.05, 0) is 23.8 Å². The van der Waals surface area contributed by atoms with Crippen molar-refractivity contribution in [2.45, 2.75) is 26.2 Å². The molecule has 0 saturated carbocycles. The summed E-state index contributed by atoms with van der Waals surface area (Å²) in [6, 6.07) is 16.5. The number of carbonyl (C=O) groups excluding carboxylic acids is 3. The highest BCUT2D eigenvalue weighted by Gasteiger charge is 2.38. The molecule has 2 aromatic rings. The van der Waals surface area contributed by atoms with E-state index in [1.165, 1.54) is 20.0 Å². The Kier molecular flexibility index (Phi) is 5.68. The zero-order valence-electron chi connectivity index (χ0n) is 16.5. The predicted molar refractivity (Wildman–Crippen MR) is 107 cm³/mol. The Bertz CT molecular complexity index is 944. The molecular weight excluding hydrogens is 372 g/mol. The van der Waals surface area contributed by atoms with E-state index in [-0.39, 0.29) is 11.5 Å². The van der Waals surface area contributed by atoms with Gasteiger partial charge in [0.25, 0.3) is 11.7 Å². The largest absolute Gasteiger partial charge is 0.419 e. The molecule has 1 N–H and O–H groups in total. The van der Waals surface area contributed by atoms with E-state index < -0.39 is 17.7 Å². The number of anilines is 1. The number of cyclic esters (lactones) is 2. The standard InChI is InChI=1S/C22H22N2O5/c1-22(2)28-20(26)18(21(27)29-22)13-23-17-11-7-10-16(12-17)19(25)24(3)14-15-8-5-4-6-9-15/h4-13,23H,14H2,1-3H3. The number of esters is 2. The van der Waals surface area contributed by atoms with E-state index in [0.29, 0.717) is 17.8 Å². The van der Waals surface area contributed by atoms with Crippen LogP contribution in [0, 0.1) is 0 Å². The van der Waals surface area contributed by atoms with Crippen molar-refractivity contribution in [3.63, 3.8) is 0 Å². The Morgan fingerprint density at radius 3 is 2.34 bits per heavy atom. The first-order valence-electron chi connectivity index (χ1n) is 9.08. The van der Waals surface area contributed by atoms with E-state index in [1.807, 2.05) is 30.3 Å². The minimum atomic E-state index is -1.29. The molecule has 0 radical (unpaired) electrons. The zero-order valence-corrected chi connectivity index (χ0v) is 16.5. The summed E-state index contributed by atoms with van der Waals surface area (Å²) < 4.78 is 10.1. The van der Waals surface area contributed by atoms with Gasteiger partial charge < -0.3 is 19.7 Å². The minimum absolute atomic E-state index is 0.150. The fraction of sp³-hybridized carbons (Fsp3) is 0.227. The number of carbonyl (C=O) groups is 3. The number of nitrogens with zero attached hydrogens (tertiary/aromatic N) is 1. The van der Waals surface area contributed by atoms with Gasteiger partial charge in [-0.2, -0.15) is 0 Å². The number of benzene rings is 2. The molecule has 1 saturated heterocycles. The van der Waals surface area contributed by atoms with Crippen LogP contribution in [0.2, 0.25) is 0 Å². The second-order valence-electron chi connectivity index (χ2n) is 7.11. The quantitative estimate of drug-likeness (QED) is 0.477. The molecule has 7 heteroatoms. The molecule has 0 aliphatic carbocycles. The lowest BCUT2D eigenvalue weighted by molar-refractivity contribution is -0.222. The number of hydrogen-bond acceptors (Lipinski definition) is 6. The summed E-state index contributed by atoms with van der Waals surface area (Å²) in [4.78, 5) is 38.3. The fourth-order valence-corrected chi connectivity index (χ4v) is 2.83. The van der Waals surface area contributed by atoms with Gasteiger partial charge in [-0.1, -0.05) is 36.4 Å². The maximum absolute atomic E-state index is 12.7. The third-order valence-electron chi connectivity index (χ3n) is 4.22. The molecule has 29 heavy (non-hydrogen) atoms. The molecule has 1 aliphatic heterocycles. The molecule has 150 valence electrons. The molecule has 1 amide bonds. The smallest absolute Gasteiger partial charge is 0.350 e. The van der Waals surface area contributed by atoms with Crippen LogP contribution in [0.3, 0.4) is 0 Å². The summed E-state index contributed by atoms with van der Waals surface area (Å²) in [5.41, 5.74) is 1.80. The van der Waals surface area contributed by atoms with Crippen molar-refractivity contribution in [2.24, 2.45) is 0 Å². The van der Waals surface area contributed by atoms with E-state index in [4.69, 9.17) is 9.47 Å². The van der Waals surface area contributed by atoms with Gasteiger partial charge in [0.2, 0.25) is 0 Å². The van der Waals surface area contributed by atoms with Crippen molar-refractivity contribution >= 4 is 23.5 Å².